The Kier molecular flexibility index (Phi) is 3.46. The summed E-state index contributed by atoms with van der Waals surface area (Å²) in [7, 11) is 0. The Labute approximate surface area is 130 Å². The summed E-state index contributed by atoms with van der Waals surface area (Å²) >= 11 is 6.05. The predicted molar refractivity (Wildman–Crippen MR) is 83.6 cm³/mol. The lowest BCUT2D eigenvalue weighted by Gasteiger charge is -2.21. The summed E-state index contributed by atoms with van der Waals surface area (Å²) in [4.78, 5) is 0. The molecule has 2 aliphatic carbocycles. The predicted octanol–water partition coefficient (Wildman–Crippen LogP) is 3.98. The van der Waals surface area contributed by atoms with Crippen LogP contribution in [0.15, 0.2) is 30.3 Å². The van der Waals surface area contributed by atoms with Gasteiger partial charge in [0, 0.05) is 12.1 Å². The van der Waals surface area contributed by atoms with E-state index in [-0.39, 0.29) is 0 Å². The Balaban J connectivity index is 1.65. The molecular weight excluding hydrogens is 282 g/mol. The van der Waals surface area contributed by atoms with Gasteiger partial charge in [0.15, 0.2) is 5.82 Å². The van der Waals surface area contributed by atoms with Crippen LogP contribution in [0, 0.1) is 17.8 Å². The van der Waals surface area contributed by atoms with Gasteiger partial charge in [-0.2, -0.15) is 0 Å². The number of hydrogen-bond donors (Lipinski definition) is 0. The highest BCUT2D eigenvalue weighted by atomic mass is 35.5. The van der Waals surface area contributed by atoms with Crippen LogP contribution in [0.5, 0.6) is 0 Å². The molecule has 110 valence electrons. The average molecular weight is 302 g/mol. The number of rotatable bonds is 4. The van der Waals surface area contributed by atoms with Crippen LogP contribution in [0.2, 0.25) is 0 Å². The van der Waals surface area contributed by atoms with Gasteiger partial charge < -0.3 is 0 Å². The minimum Gasteiger partial charge on any atom is -0.282 e. The van der Waals surface area contributed by atoms with Gasteiger partial charge in [-0.3, -0.25) is 4.57 Å². The van der Waals surface area contributed by atoms with E-state index in [1.807, 2.05) is 6.07 Å². The smallest absolute Gasteiger partial charge is 0.152 e. The number of alkyl halides is 1. The zero-order chi connectivity index (χ0) is 14.2. The maximum absolute atomic E-state index is 6.05. The molecule has 2 aromatic rings. The molecule has 2 aliphatic rings. The first-order chi connectivity index (χ1) is 10.3. The summed E-state index contributed by atoms with van der Waals surface area (Å²) in [6.45, 7) is 0. The third-order valence-corrected chi connectivity index (χ3v) is 5.50. The first-order valence-electron chi connectivity index (χ1n) is 7.89. The van der Waals surface area contributed by atoms with Crippen molar-refractivity contribution in [3.63, 3.8) is 0 Å². The van der Waals surface area contributed by atoms with Crippen LogP contribution in [0.3, 0.4) is 0 Å². The molecule has 3 atom stereocenters. The summed E-state index contributed by atoms with van der Waals surface area (Å²) in [6.07, 6.45) is 6.71. The molecule has 0 radical (unpaired) electrons. The van der Waals surface area contributed by atoms with Gasteiger partial charge in [0.05, 0.1) is 5.88 Å². The standard InChI is InChI=1S/C17H20ClN3/c18-11-17-20-19-16(21(17)15-4-2-1-3-5-15)10-14-9-12-6-7-13(14)8-12/h1-5,12-14H,6-11H2. The second kappa shape index (κ2) is 5.45. The van der Waals surface area contributed by atoms with E-state index < -0.39 is 0 Å². The SMILES string of the molecule is ClCc1nnc(CC2CC3CCC2C3)n1-c1ccccc1. The van der Waals surface area contributed by atoms with Gasteiger partial charge in [0.2, 0.25) is 0 Å². The molecule has 0 N–H and O–H groups in total. The molecule has 1 aromatic heterocycles. The van der Waals surface area contributed by atoms with E-state index in [0.717, 1.165) is 41.5 Å². The van der Waals surface area contributed by atoms with Gasteiger partial charge in [-0.05, 0) is 49.1 Å². The monoisotopic (exact) mass is 301 g/mol. The molecule has 2 bridgehead atoms. The van der Waals surface area contributed by atoms with Crippen molar-refractivity contribution >= 4 is 11.6 Å². The Morgan fingerprint density at radius 3 is 2.52 bits per heavy atom. The van der Waals surface area contributed by atoms with E-state index in [9.17, 15) is 0 Å². The molecule has 1 heterocycles. The molecule has 0 amide bonds. The highest BCUT2D eigenvalue weighted by molar-refractivity contribution is 6.16. The topological polar surface area (TPSA) is 30.7 Å². The molecule has 3 unspecified atom stereocenters. The highest BCUT2D eigenvalue weighted by Gasteiger charge is 2.40. The third kappa shape index (κ3) is 2.38. The molecular formula is C17H20ClN3. The Hall–Kier alpha value is -1.35. The molecule has 1 aromatic carbocycles. The highest BCUT2D eigenvalue weighted by Crippen LogP contribution is 2.49. The summed E-state index contributed by atoms with van der Waals surface area (Å²) in [6, 6.07) is 10.3. The summed E-state index contributed by atoms with van der Waals surface area (Å²) in [5.41, 5.74) is 1.12. The van der Waals surface area contributed by atoms with Crippen LogP contribution in [0.1, 0.15) is 37.3 Å². The van der Waals surface area contributed by atoms with Crippen molar-refractivity contribution in [3.8, 4) is 5.69 Å². The number of benzene rings is 1. The van der Waals surface area contributed by atoms with Crippen molar-refractivity contribution in [1.82, 2.24) is 14.8 Å². The molecule has 4 rings (SSSR count). The molecule has 2 saturated carbocycles. The van der Waals surface area contributed by atoms with E-state index in [2.05, 4.69) is 39.0 Å². The number of aromatic nitrogens is 3. The van der Waals surface area contributed by atoms with Gasteiger partial charge in [-0.1, -0.05) is 24.6 Å². The number of hydrogen-bond acceptors (Lipinski definition) is 2. The van der Waals surface area contributed by atoms with Crippen molar-refractivity contribution in [1.29, 1.82) is 0 Å². The van der Waals surface area contributed by atoms with Crippen LogP contribution in [0.25, 0.3) is 5.69 Å². The number of fused-ring (bicyclic) bond motifs is 2. The maximum atomic E-state index is 6.05. The van der Waals surface area contributed by atoms with Crippen LogP contribution in [0.4, 0.5) is 0 Å². The summed E-state index contributed by atoms with van der Waals surface area (Å²) < 4.78 is 2.15. The van der Waals surface area contributed by atoms with Gasteiger partial charge in [0.1, 0.15) is 5.82 Å². The average Bonchev–Trinajstić information content (AvgIpc) is 3.23. The summed E-state index contributed by atoms with van der Waals surface area (Å²) in [5.74, 6) is 5.00. The molecule has 0 saturated heterocycles. The largest absolute Gasteiger partial charge is 0.282 e. The minimum atomic E-state index is 0.401. The number of para-hydroxylation sites is 1. The number of halogens is 1. The Morgan fingerprint density at radius 1 is 1.05 bits per heavy atom. The minimum absolute atomic E-state index is 0.401. The lowest BCUT2D eigenvalue weighted by Crippen LogP contribution is -2.16. The molecule has 0 spiro atoms. The quantitative estimate of drug-likeness (QED) is 0.800. The normalized spacial score (nSPS) is 27.4. The van der Waals surface area contributed by atoms with Crippen LogP contribution in [-0.4, -0.2) is 14.8 Å². The van der Waals surface area contributed by atoms with Gasteiger partial charge >= 0.3 is 0 Å². The van der Waals surface area contributed by atoms with Gasteiger partial charge in [-0.15, -0.1) is 21.8 Å². The van der Waals surface area contributed by atoms with Crippen molar-refractivity contribution in [2.75, 3.05) is 0 Å². The van der Waals surface area contributed by atoms with E-state index in [0.29, 0.717) is 5.88 Å². The number of nitrogens with zero attached hydrogens (tertiary/aromatic N) is 3. The third-order valence-electron chi connectivity index (χ3n) is 5.26. The van der Waals surface area contributed by atoms with E-state index in [1.54, 1.807) is 0 Å². The van der Waals surface area contributed by atoms with Crippen LogP contribution >= 0.6 is 11.6 Å². The van der Waals surface area contributed by atoms with Gasteiger partial charge in [-0.25, -0.2) is 0 Å². The van der Waals surface area contributed by atoms with Crippen LogP contribution < -0.4 is 0 Å². The second-order valence-electron chi connectivity index (χ2n) is 6.48. The first-order valence-corrected chi connectivity index (χ1v) is 8.43. The van der Waals surface area contributed by atoms with E-state index >= 15 is 0 Å². The molecule has 21 heavy (non-hydrogen) atoms. The molecule has 0 aliphatic heterocycles. The fourth-order valence-corrected chi connectivity index (χ4v) is 4.48. The van der Waals surface area contributed by atoms with Crippen molar-refractivity contribution < 1.29 is 0 Å². The zero-order valence-corrected chi connectivity index (χ0v) is 12.8. The lowest BCUT2D eigenvalue weighted by atomic mass is 9.86. The van der Waals surface area contributed by atoms with Crippen molar-refractivity contribution in [2.45, 2.75) is 38.0 Å². The molecule has 2 fully saturated rings. The lowest BCUT2D eigenvalue weighted by molar-refractivity contribution is 0.325. The maximum Gasteiger partial charge on any atom is 0.152 e. The Bertz CT molecular complexity index is 622. The fraction of sp³-hybridized carbons (Fsp3) is 0.529. The van der Waals surface area contributed by atoms with E-state index in [4.69, 9.17) is 11.6 Å². The van der Waals surface area contributed by atoms with E-state index in [1.165, 1.54) is 25.7 Å². The van der Waals surface area contributed by atoms with Crippen molar-refractivity contribution in [3.05, 3.63) is 42.0 Å². The Morgan fingerprint density at radius 2 is 1.86 bits per heavy atom. The molecule has 4 heteroatoms. The fourth-order valence-electron chi connectivity index (χ4n) is 4.31. The second-order valence-corrected chi connectivity index (χ2v) is 6.74. The van der Waals surface area contributed by atoms with Gasteiger partial charge in [0.25, 0.3) is 0 Å². The zero-order valence-electron chi connectivity index (χ0n) is 12.1. The summed E-state index contributed by atoms with van der Waals surface area (Å²) in [5, 5.41) is 8.74. The van der Waals surface area contributed by atoms with Crippen molar-refractivity contribution in [2.24, 2.45) is 17.8 Å². The van der Waals surface area contributed by atoms with Crippen LogP contribution in [-0.2, 0) is 12.3 Å². The molecule has 3 nitrogen and oxygen atoms in total. The first kappa shape index (κ1) is 13.3.